The highest BCUT2D eigenvalue weighted by Gasteiger charge is 2.42. The number of hydrogen-bond donors (Lipinski definition) is 1. The van der Waals surface area contributed by atoms with Gasteiger partial charge in [0.2, 0.25) is 5.91 Å². The molecule has 5 rings (SSSR count). The normalized spacial score (nSPS) is 18.1. The quantitative estimate of drug-likeness (QED) is 0.602. The van der Waals surface area contributed by atoms with E-state index in [4.69, 9.17) is 0 Å². The fraction of sp³-hybridized carbons (Fsp3) is 0.417. The second-order valence-electron chi connectivity index (χ2n) is 9.18. The van der Waals surface area contributed by atoms with E-state index in [1.807, 2.05) is 4.90 Å². The van der Waals surface area contributed by atoms with Crippen LogP contribution in [0.15, 0.2) is 36.5 Å². The van der Waals surface area contributed by atoms with Crippen molar-refractivity contribution in [2.75, 3.05) is 31.1 Å². The van der Waals surface area contributed by atoms with Crippen LogP contribution in [0, 0.1) is 5.41 Å². The molecule has 2 aliphatic heterocycles. The molecule has 7 nitrogen and oxygen atoms in total. The Morgan fingerprint density at radius 2 is 1.82 bits per heavy atom. The summed E-state index contributed by atoms with van der Waals surface area (Å²) in [5.74, 6) is 0.211. The topological polar surface area (TPSA) is 82.5 Å². The first-order valence-electron chi connectivity index (χ1n) is 11.2. The molecule has 0 atom stereocenters. The molecule has 1 N–H and O–H groups in total. The van der Waals surface area contributed by atoms with Crippen molar-refractivity contribution < 1.29 is 23.1 Å². The number of amides is 1. The van der Waals surface area contributed by atoms with E-state index in [9.17, 15) is 23.1 Å². The van der Waals surface area contributed by atoms with E-state index >= 15 is 0 Å². The molecule has 0 radical (unpaired) electrons. The lowest BCUT2D eigenvalue weighted by atomic mass is 9.78. The molecule has 0 unspecified atom stereocenters. The number of likely N-dealkylation sites (tertiary alicyclic amines) is 1. The highest BCUT2D eigenvalue weighted by atomic mass is 19.4. The zero-order valence-corrected chi connectivity index (χ0v) is 18.6. The Labute approximate surface area is 194 Å². The number of phenolic OH excluding ortho intramolecular Hbond substituents is 1. The van der Waals surface area contributed by atoms with Gasteiger partial charge in [0, 0.05) is 50.2 Å². The Morgan fingerprint density at radius 1 is 1.09 bits per heavy atom. The second kappa shape index (κ2) is 8.11. The fourth-order valence-electron chi connectivity index (χ4n) is 5.10. The molecule has 1 spiro atoms. The standard InChI is InChI=1S/C24H24F3N5O2/c1-15(33)32-12-8-23(14-32)6-10-31(11-7-23)22-21-18(3-2-9-28-21)20(29-30-22)17-5-4-16(13-19(17)34)24(25,26)27/h2-5,9,13,34H,6-8,10-12,14H2,1H3. The summed E-state index contributed by atoms with van der Waals surface area (Å²) < 4.78 is 39.0. The van der Waals surface area contributed by atoms with Crippen LogP contribution in [0.4, 0.5) is 19.0 Å². The van der Waals surface area contributed by atoms with Crippen LogP contribution < -0.4 is 4.90 Å². The Hall–Kier alpha value is -3.43. The molecule has 2 fully saturated rings. The number of fused-ring (bicyclic) bond motifs is 1. The number of pyridine rings is 1. The van der Waals surface area contributed by atoms with Gasteiger partial charge < -0.3 is 14.9 Å². The van der Waals surface area contributed by atoms with Gasteiger partial charge in [0.25, 0.3) is 0 Å². The molecule has 4 heterocycles. The van der Waals surface area contributed by atoms with Crippen LogP contribution in [0.1, 0.15) is 31.7 Å². The van der Waals surface area contributed by atoms with Crippen LogP contribution in [-0.2, 0) is 11.0 Å². The van der Waals surface area contributed by atoms with E-state index in [0.29, 0.717) is 22.8 Å². The molecule has 2 aromatic heterocycles. The number of rotatable bonds is 2. The molecular formula is C24H24F3N5O2. The Morgan fingerprint density at radius 3 is 2.47 bits per heavy atom. The maximum atomic E-state index is 13.0. The third-order valence-corrected chi connectivity index (χ3v) is 7.11. The van der Waals surface area contributed by atoms with Gasteiger partial charge in [-0.2, -0.15) is 13.2 Å². The Bertz CT molecular complexity index is 1260. The van der Waals surface area contributed by atoms with Gasteiger partial charge in [-0.25, -0.2) is 0 Å². The number of nitrogens with zero attached hydrogens (tertiary/aromatic N) is 5. The summed E-state index contributed by atoms with van der Waals surface area (Å²) in [5.41, 5.74) is 0.222. The molecule has 10 heteroatoms. The van der Waals surface area contributed by atoms with E-state index in [0.717, 1.165) is 51.5 Å². The van der Waals surface area contributed by atoms with Gasteiger partial charge in [0.05, 0.1) is 5.56 Å². The largest absolute Gasteiger partial charge is 0.507 e. The van der Waals surface area contributed by atoms with Gasteiger partial charge in [0.1, 0.15) is 17.0 Å². The zero-order valence-electron chi connectivity index (χ0n) is 18.6. The SMILES string of the molecule is CC(=O)N1CCC2(CCN(c3nnc(-c4ccc(C(F)(F)F)cc4O)c4cccnc34)CC2)C1. The van der Waals surface area contributed by atoms with Gasteiger partial charge in [-0.3, -0.25) is 9.78 Å². The van der Waals surface area contributed by atoms with Crippen LogP contribution in [0.5, 0.6) is 5.75 Å². The van der Waals surface area contributed by atoms with Gasteiger partial charge >= 0.3 is 6.18 Å². The van der Waals surface area contributed by atoms with Crippen molar-refractivity contribution in [3.8, 4) is 17.0 Å². The minimum atomic E-state index is -4.55. The fourth-order valence-corrected chi connectivity index (χ4v) is 5.10. The summed E-state index contributed by atoms with van der Waals surface area (Å²) in [6.07, 6.45) is -0.0711. The number of piperidine rings is 1. The predicted octanol–water partition coefficient (Wildman–Crippen LogP) is 4.26. The van der Waals surface area contributed by atoms with Crippen molar-refractivity contribution in [3.05, 3.63) is 42.1 Å². The number of halogens is 3. The van der Waals surface area contributed by atoms with Crippen LogP contribution in [0.25, 0.3) is 22.2 Å². The Balaban J connectivity index is 1.45. The summed E-state index contributed by atoms with van der Waals surface area (Å²) in [6.45, 7) is 4.68. The second-order valence-corrected chi connectivity index (χ2v) is 9.18. The number of benzene rings is 1. The summed E-state index contributed by atoms with van der Waals surface area (Å²) >= 11 is 0. The lowest BCUT2D eigenvalue weighted by Crippen LogP contribution is -2.42. The molecular weight excluding hydrogens is 447 g/mol. The minimum absolute atomic E-state index is 0.113. The van der Waals surface area contributed by atoms with Crippen LogP contribution in [0.3, 0.4) is 0 Å². The average Bonchev–Trinajstić information content (AvgIpc) is 3.22. The Kier molecular flexibility index (Phi) is 5.33. The highest BCUT2D eigenvalue weighted by Crippen LogP contribution is 2.43. The third kappa shape index (κ3) is 3.91. The predicted molar refractivity (Wildman–Crippen MR) is 120 cm³/mol. The third-order valence-electron chi connectivity index (χ3n) is 7.11. The number of phenols is 1. The first-order chi connectivity index (χ1) is 16.2. The number of alkyl halides is 3. The number of aromatic nitrogens is 3. The highest BCUT2D eigenvalue weighted by molar-refractivity contribution is 5.98. The smallest absolute Gasteiger partial charge is 0.416 e. The van der Waals surface area contributed by atoms with Crippen molar-refractivity contribution in [2.24, 2.45) is 5.41 Å². The number of hydrogen-bond acceptors (Lipinski definition) is 6. The number of carbonyl (C=O) groups excluding carboxylic acids is 1. The van der Waals surface area contributed by atoms with Crippen molar-refractivity contribution in [1.29, 1.82) is 0 Å². The number of carbonyl (C=O) groups is 1. The summed E-state index contributed by atoms with van der Waals surface area (Å²) in [6, 6.07) is 6.32. The van der Waals surface area contributed by atoms with E-state index in [2.05, 4.69) is 20.1 Å². The summed E-state index contributed by atoms with van der Waals surface area (Å²) in [4.78, 5) is 20.3. The van der Waals surface area contributed by atoms with Gasteiger partial charge in [-0.1, -0.05) is 0 Å². The van der Waals surface area contributed by atoms with Crippen molar-refractivity contribution in [1.82, 2.24) is 20.1 Å². The molecule has 1 aromatic carbocycles. The van der Waals surface area contributed by atoms with Gasteiger partial charge in [-0.05, 0) is 55.0 Å². The van der Waals surface area contributed by atoms with Gasteiger partial charge in [-0.15, -0.1) is 10.2 Å². The first kappa shape index (κ1) is 22.4. The average molecular weight is 471 g/mol. The van der Waals surface area contributed by atoms with Crippen LogP contribution in [-0.4, -0.2) is 57.3 Å². The lowest BCUT2D eigenvalue weighted by Gasteiger charge is -2.39. The molecule has 1 amide bonds. The van der Waals surface area contributed by atoms with Crippen molar-refractivity contribution >= 4 is 22.6 Å². The molecule has 0 aliphatic carbocycles. The lowest BCUT2D eigenvalue weighted by molar-refractivity contribution is -0.137. The van der Waals surface area contributed by atoms with E-state index < -0.39 is 17.5 Å². The van der Waals surface area contributed by atoms with Crippen molar-refractivity contribution in [2.45, 2.75) is 32.4 Å². The molecule has 2 saturated heterocycles. The minimum Gasteiger partial charge on any atom is -0.507 e. The van der Waals surface area contributed by atoms with E-state index in [1.165, 1.54) is 6.07 Å². The van der Waals surface area contributed by atoms with Gasteiger partial charge in [0.15, 0.2) is 5.82 Å². The summed E-state index contributed by atoms with van der Waals surface area (Å²) in [7, 11) is 0. The maximum Gasteiger partial charge on any atom is 0.416 e. The maximum absolute atomic E-state index is 13.0. The molecule has 178 valence electrons. The summed E-state index contributed by atoms with van der Waals surface area (Å²) in [5, 5.41) is 19.6. The molecule has 34 heavy (non-hydrogen) atoms. The van der Waals surface area contributed by atoms with E-state index in [-0.39, 0.29) is 22.6 Å². The number of aromatic hydroxyl groups is 1. The monoisotopic (exact) mass is 471 g/mol. The van der Waals surface area contributed by atoms with E-state index in [1.54, 1.807) is 25.3 Å². The molecule has 0 bridgehead atoms. The molecule has 3 aromatic rings. The van der Waals surface area contributed by atoms with Crippen LogP contribution >= 0.6 is 0 Å². The molecule has 2 aliphatic rings. The van der Waals surface area contributed by atoms with Crippen LogP contribution in [0.2, 0.25) is 0 Å². The number of anilines is 1. The molecule has 0 saturated carbocycles. The zero-order chi connectivity index (χ0) is 24.1. The first-order valence-corrected chi connectivity index (χ1v) is 11.2. The van der Waals surface area contributed by atoms with Crippen molar-refractivity contribution in [3.63, 3.8) is 0 Å².